The van der Waals surface area contributed by atoms with Crippen molar-refractivity contribution in [3.8, 4) is 0 Å². The lowest BCUT2D eigenvalue weighted by Crippen LogP contribution is -2.30. The SMILES string of the molecule is NS(=O)(=O)c1ccc2c(c1)oc(=O)n2CCC(=O)N[C@@H](CCCc1ccccc1)c1ccccc1. The predicted molar refractivity (Wildman–Crippen MR) is 133 cm³/mol. The van der Waals surface area contributed by atoms with Crippen LogP contribution in [-0.4, -0.2) is 18.9 Å². The number of primary sulfonamides is 1. The van der Waals surface area contributed by atoms with E-state index in [0.717, 1.165) is 24.8 Å². The average Bonchev–Trinajstić information content (AvgIpc) is 3.17. The number of fused-ring (bicyclic) bond motifs is 1. The smallest absolute Gasteiger partial charge is 0.408 e. The van der Waals surface area contributed by atoms with Crippen molar-refractivity contribution in [3.05, 3.63) is 101 Å². The Hall–Kier alpha value is -3.69. The second-order valence-corrected chi connectivity index (χ2v) is 9.91. The molecule has 0 saturated carbocycles. The van der Waals surface area contributed by atoms with Crippen LogP contribution in [0.3, 0.4) is 0 Å². The lowest BCUT2D eigenvalue weighted by Gasteiger charge is -2.19. The zero-order chi connectivity index (χ0) is 24.8. The fourth-order valence-corrected chi connectivity index (χ4v) is 4.61. The van der Waals surface area contributed by atoms with E-state index in [1.54, 1.807) is 0 Å². The molecule has 0 fully saturated rings. The number of sulfonamides is 1. The number of rotatable bonds is 10. The molecule has 0 aliphatic carbocycles. The molecule has 0 bridgehead atoms. The first-order valence-corrected chi connectivity index (χ1v) is 12.9. The molecule has 1 heterocycles. The highest BCUT2D eigenvalue weighted by molar-refractivity contribution is 7.89. The van der Waals surface area contributed by atoms with Crippen molar-refractivity contribution in [1.82, 2.24) is 9.88 Å². The minimum Gasteiger partial charge on any atom is -0.408 e. The van der Waals surface area contributed by atoms with Crippen molar-refractivity contribution < 1.29 is 17.6 Å². The van der Waals surface area contributed by atoms with Gasteiger partial charge in [-0.05, 0) is 42.5 Å². The summed E-state index contributed by atoms with van der Waals surface area (Å²) < 4.78 is 29.6. The Morgan fingerprint density at radius 2 is 1.69 bits per heavy atom. The maximum Gasteiger partial charge on any atom is 0.419 e. The fraction of sp³-hybridized carbons (Fsp3) is 0.231. The van der Waals surface area contributed by atoms with E-state index in [0.29, 0.717) is 5.52 Å². The minimum atomic E-state index is -3.92. The van der Waals surface area contributed by atoms with Crippen molar-refractivity contribution in [1.29, 1.82) is 0 Å². The predicted octanol–water partition coefficient (Wildman–Crippen LogP) is 3.51. The number of benzene rings is 3. The van der Waals surface area contributed by atoms with Crippen LogP contribution < -0.4 is 16.2 Å². The van der Waals surface area contributed by atoms with E-state index in [-0.39, 0.29) is 35.4 Å². The molecule has 0 radical (unpaired) electrons. The van der Waals surface area contributed by atoms with Crippen LogP contribution in [0.25, 0.3) is 11.1 Å². The number of amides is 1. The van der Waals surface area contributed by atoms with Gasteiger partial charge >= 0.3 is 5.76 Å². The summed E-state index contributed by atoms with van der Waals surface area (Å²) in [6.45, 7) is 0.0952. The average molecular weight is 494 g/mol. The highest BCUT2D eigenvalue weighted by Crippen LogP contribution is 2.21. The second kappa shape index (κ2) is 10.7. The van der Waals surface area contributed by atoms with Gasteiger partial charge in [0.25, 0.3) is 0 Å². The lowest BCUT2D eigenvalue weighted by atomic mass is 9.99. The summed E-state index contributed by atoms with van der Waals surface area (Å²) in [6, 6.07) is 23.8. The van der Waals surface area contributed by atoms with E-state index < -0.39 is 15.8 Å². The first-order chi connectivity index (χ1) is 16.8. The zero-order valence-electron chi connectivity index (χ0n) is 19.1. The van der Waals surface area contributed by atoms with Gasteiger partial charge in [-0.2, -0.15) is 0 Å². The van der Waals surface area contributed by atoms with Crippen LogP contribution >= 0.6 is 0 Å². The van der Waals surface area contributed by atoms with Gasteiger partial charge in [-0.1, -0.05) is 60.7 Å². The van der Waals surface area contributed by atoms with E-state index in [2.05, 4.69) is 17.4 Å². The van der Waals surface area contributed by atoms with Crippen molar-refractivity contribution >= 4 is 27.0 Å². The van der Waals surface area contributed by atoms with Crippen LogP contribution in [0.5, 0.6) is 0 Å². The zero-order valence-corrected chi connectivity index (χ0v) is 19.9. The van der Waals surface area contributed by atoms with E-state index in [1.165, 1.54) is 28.3 Å². The first kappa shape index (κ1) is 24.4. The molecule has 1 aromatic heterocycles. The summed E-state index contributed by atoms with van der Waals surface area (Å²) in [5.74, 6) is -0.859. The number of carbonyl (C=O) groups excluding carboxylic acids is 1. The minimum absolute atomic E-state index is 0.0630. The monoisotopic (exact) mass is 493 g/mol. The Labute approximate surface area is 203 Å². The van der Waals surface area contributed by atoms with E-state index in [4.69, 9.17) is 9.56 Å². The standard InChI is InChI=1S/C26H27N3O5S/c27-35(32,33)21-14-15-23-24(18-21)34-26(31)29(23)17-16-25(30)28-22(20-11-5-2-6-12-20)13-7-10-19-8-3-1-4-9-19/h1-6,8-9,11-12,14-15,18,22H,7,10,13,16-17H2,(H,28,30)(H2,27,32,33)/t22-/m0/s1. The summed E-state index contributed by atoms with van der Waals surface area (Å²) in [5.41, 5.74) is 2.78. The molecule has 0 aliphatic heterocycles. The maximum atomic E-state index is 12.8. The summed E-state index contributed by atoms with van der Waals surface area (Å²) in [4.78, 5) is 25.0. The third kappa shape index (κ3) is 6.26. The molecule has 1 atom stereocenters. The molecule has 1 amide bonds. The van der Waals surface area contributed by atoms with Crippen LogP contribution in [0.4, 0.5) is 0 Å². The molecule has 0 saturated heterocycles. The largest absolute Gasteiger partial charge is 0.419 e. The number of carbonyl (C=O) groups is 1. The number of hydrogen-bond acceptors (Lipinski definition) is 5. The lowest BCUT2D eigenvalue weighted by molar-refractivity contribution is -0.122. The summed E-state index contributed by atoms with van der Waals surface area (Å²) >= 11 is 0. The van der Waals surface area contributed by atoms with Crippen LogP contribution in [0.15, 0.2) is 93.0 Å². The molecule has 9 heteroatoms. The number of aryl methyl sites for hydroxylation is 2. The Morgan fingerprint density at radius 3 is 2.37 bits per heavy atom. The number of aromatic nitrogens is 1. The van der Waals surface area contributed by atoms with Crippen LogP contribution in [-0.2, 0) is 27.8 Å². The molecule has 0 unspecified atom stereocenters. The highest BCUT2D eigenvalue weighted by atomic mass is 32.2. The number of hydrogen-bond donors (Lipinski definition) is 2. The topological polar surface area (TPSA) is 124 Å². The summed E-state index contributed by atoms with van der Waals surface area (Å²) in [7, 11) is -3.92. The molecule has 4 rings (SSSR count). The van der Waals surface area contributed by atoms with Gasteiger partial charge in [0.2, 0.25) is 15.9 Å². The Morgan fingerprint density at radius 1 is 1.00 bits per heavy atom. The number of nitrogens with one attached hydrogen (secondary N) is 1. The van der Waals surface area contributed by atoms with Gasteiger partial charge in [-0.15, -0.1) is 0 Å². The van der Waals surface area contributed by atoms with Crippen molar-refractivity contribution in [2.75, 3.05) is 0 Å². The van der Waals surface area contributed by atoms with Crippen molar-refractivity contribution in [3.63, 3.8) is 0 Å². The molecule has 8 nitrogen and oxygen atoms in total. The quantitative estimate of drug-likeness (QED) is 0.350. The fourth-order valence-electron chi connectivity index (χ4n) is 4.08. The molecular weight excluding hydrogens is 466 g/mol. The molecule has 0 spiro atoms. The van der Waals surface area contributed by atoms with E-state index in [9.17, 15) is 18.0 Å². The van der Waals surface area contributed by atoms with Gasteiger partial charge in [0.05, 0.1) is 16.5 Å². The van der Waals surface area contributed by atoms with Gasteiger partial charge in [0.15, 0.2) is 5.58 Å². The molecule has 3 N–H and O–H groups in total. The third-order valence-corrected chi connectivity index (χ3v) is 6.78. The van der Waals surface area contributed by atoms with Crippen LogP contribution in [0.1, 0.15) is 36.4 Å². The molecule has 4 aromatic rings. The Bertz CT molecular complexity index is 1460. The van der Waals surface area contributed by atoms with Crippen molar-refractivity contribution in [2.45, 2.75) is 43.2 Å². The van der Waals surface area contributed by atoms with Gasteiger partial charge in [-0.25, -0.2) is 18.4 Å². The van der Waals surface area contributed by atoms with Crippen molar-refractivity contribution in [2.24, 2.45) is 5.14 Å². The van der Waals surface area contributed by atoms with Gasteiger partial charge in [0.1, 0.15) is 0 Å². The molecule has 182 valence electrons. The van der Waals surface area contributed by atoms with Crippen LogP contribution in [0.2, 0.25) is 0 Å². The number of nitrogens with two attached hydrogens (primary N) is 1. The molecule has 0 aliphatic rings. The van der Waals surface area contributed by atoms with E-state index >= 15 is 0 Å². The van der Waals surface area contributed by atoms with Crippen LogP contribution in [0, 0.1) is 0 Å². The summed E-state index contributed by atoms with van der Waals surface area (Å²) in [6.07, 6.45) is 2.65. The molecule has 35 heavy (non-hydrogen) atoms. The Kier molecular flexibility index (Phi) is 7.48. The van der Waals surface area contributed by atoms with Gasteiger partial charge < -0.3 is 9.73 Å². The normalized spacial score (nSPS) is 12.5. The third-order valence-electron chi connectivity index (χ3n) is 5.87. The Balaban J connectivity index is 1.42. The maximum absolute atomic E-state index is 12.8. The van der Waals surface area contributed by atoms with E-state index in [1.807, 2.05) is 48.5 Å². The molecular formula is C26H27N3O5S. The summed E-state index contributed by atoms with van der Waals surface area (Å²) in [5, 5.41) is 8.24. The second-order valence-electron chi connectivity index (χ2n) is 8.35. The van der Waals surface area contributed by atoms with Gasteiger partial charge in [0, 0.05) is 19.0 Å². The highest BCUT2D eigenvalue weighted by Gasteiger charge is 2.17. The van der Waals surface area contributed by atoms with Gasteiger partial charge in [-0.3, -0.25) is 9.36 Å². The first-order valence-electron chi connectivity index (χ1n) is 11.4. The number of oxazole rings is 1. The number of nitrogens with zero attached hydrogens (tertiary/aromatic N) is 1. The molecule has 3 aromatic carbocycles.